The second kappa shape index (κ2) is 8.05. The smallest absolute Gasteiger partial charge is 0.414 e. The largest absolute Gasteiger partial charge is 0.442 e. The molecular formula is C21H18F2N4O4. The zero-order chi connectivity index (χ0) is 22.1. The zero-order valence-corrected chi connectivity index (χ0v) is 16.4. The lowest BCUT2D eigenvalue weighted by molar-refractivity contribution is -0.119. The topological polar surface area (TPSA) is 85.6 Å². The zero-order valence-electron chi connectivity index (χ0n) is 16.4. The summed E-state index contributed by atoms with van der Waals surface area (Å²) in [5.74, 6) is -1.39. The van der Waals surface area contributed by atoms with E-state index in [1.165, 1.54) is 65.2 Å². The lowest BCUT2D eigenvalue weighted by Gasteiger charge is -2.14. The summed E-state index contributed by atoms with van der Waals surface area (Å²) < 4.78 is 35.5. The number of carbonyl (C=O) groups excluding carboxylic acids is 2. The molecule has 2 aromatic carbocycles. The Bertz CT molecular complexity index is 1200. The van der Waals surface area contributed by atoms with Gasteiger partial charge in [0.1, 0.15) is 17.7 Å². The van der Waals surface area contributed by atoms with Gasteiger partial charge in [-0.15, -0.1) is 0 Å². The lowest BCUT2D eigenvalue weighted by atomic mass is 10.2. The highest BCUT2D eigenvalue weighted by Gasteiger charge is 2.32. The number of cyclic esters (lactones) is 1. The van der Waals surface area contributed by atoms with E-state index in [4.69, 9.17) is 4.74 Å². The van der Waals surface area contributed by atoms with E-state index in [0.29, 0.717) is 5.69 Å². The molecule has 1 aliphatic rings. The molecule has 1 atom stereocenters. The third-order valence-corrected chi connectivity index (χ3v) is 4.84. The van der Waals surface area contributed by atoms with Crippen molar-refractivity contribution in [1.29, 1.82) is 0 Å². The molecule has 1 saturated heterocycles. The van der Waals surface area contributed by atoms with Crippen LogP contribution in [0.2, 0.25) is 0 Å². The van der Waals surface area contributed by atoms with Gasteiger partial charge in [0.2, 0.25) is 5.91 Å². The molecule has 1 aromatic heterocycles. The number of ether oxygens (including phenoxy) is 1. The minimum absolute atomic E-state index is 0.00280. The van der Waals surface area contributed by atoms with E-state index in [1.807, 2.05) is 0 Å². The molecule has 31 heavy (non-hydrogen) atoms. The van der Waals surface area contributed by atoms with Gasteiger partial charge < -0.3 is 10.1 Å². The molecule has 8 nitrogen and oxygen atoms in total. The Morgan fingerprint density at radius 2 is 1.74 bits per heavy atom. The summed E-state index contributed by atoms with van der Waals surface area (Å²) in [6.45, 7) is 1.66. The summed E-state index contributed by atoms with van der Waals surface area (Å²) in [6.07, 6.45) is 1.65. The van der Waals surface area contributed by atoms with Crippen molar-refractivity contribution in [2.45, 2.75) is 13.0 Å². The highest BCUT2D eigenvalue weighted by molar-refractivity contribution is 5.90. The summed E-state index contributed by atoms with van der Waals surface area (Å²) in [4.78, 5) is 37.1. The van der Waals surface area contributed by atoms with Gasteiger partial charge in [-0.25, -0.2) is 18.4 Å². The van der Waals surface area contributed by atoms with Crippen LogP contribution in [0.4, 0.5) is 19.3 Å². The van der Waals surface area contributed by atoms with Crippen LogP contribution in [0.5, 0.6) is 0 Å². The standard InChI is InChI=1S/C21H18F2N4O4/c1-13(28)24-11-17-12-27(21(30)31-17)16-6-7-19(18(23)10-16)26-9-8-25(20(26)29)15-4-2-14(22)3-5-15/h2-10,17H,11-12H2,1H3,(H,24,28)/t17-/m0/s1. The van der Waals surface area contributed by atoms with Crippen LogP contribution in [0.1, 0.15) is 6.92 Å². The molecule has 2 heterocycles. The predicted molar refractivity (Wildman–Crippen MR) is 108 cm³/mol. The number of rotatable bonds is 5. The normalized spacial score (nSPS) is 15.8. The molecule has 0 spiro atoms. The molecule has 1 N–H and O–H groups in total. The number of halogens is 2. The van der Waals surface area contributed by atoms with Crippen LogP contribution in [0, 0.1) is 11.6 Å². The van der Waals surface area contributed by atoms with Gasteiger partial charge in [-0.05, 0) is 42.5 Å². The van der Waals surface area contributed by atoms with Crippen molar-refractivity contribution in [2.75, 3.05) is 18.0 Å². The first-order valence-electron chi connectivity index (χ1n) is 9.42. The molecule has 10 heteroatoms. The molecule has 3 aromatic rings. The van der Waals surface area contributed by atoms with Gasteiger partial charge in [-0.2, -0.15) is 0 Å². The fourth-order valence-corrected chi connectivity index (χ4v) is 3.31. The summed E-state index contributed by atoms with van der Waals surface area (Å²) >= 11 is 0. The highest BCUT2D eigenvalue weighted by atomic mass is 19.1. The average Bonchev–Trinajstić information content (AvgIpc) is 3.29. The van der Waals surface area contributed by atoms with Crippen molar-refractivity contribution in [3.8, 4) is 11.4 Å². The third-order valence-electron chi connectivity index (χ3n) is 4.84. The number of imidazole rings is 1. The van der Waals surface area contributed by atoms with Gasteiger partial charge in [0, 0.05) is 19.3 Å². The molecule has 0 saturated carbocycles. The Morgan fingerprint density at radius 1 is 1.06 bits per heavy atom. The average molecular weight is 428 g/mol. The quantitative estimate of drug-likeness (QED) is 0.676. The number of nitrogens with zero attached hydrogens (tertiary/aromatic N) is 3. The van der Waals surface area contributed by atoms with E-state index in [9.17, 15) is 23.2 Å². The molecule has 1 aliphatic heterocycles. The van der Waals surface area contributed by atoms with Crippen molar-refractivity contribution in [3.63, 3.8) is 0 Å². The van der Waals surface area contributed by atoms with Gasteiger partial charge in [0.25, 0.3) is 0 Å². The van der Waals surface area contributed by atoms with Gasteiger partial charge in [0.15, 0.2) is 0 Å². The second-order valence-electron chi connectivity index (χ2n) is 6.99. The van der Waals surface area contributed by atoms with Gasteiger partial charge >= 0.3 is 11.8 Å². The number of benzene rings is 2. The Hall–Kier alpha value is -3.95. The number of hydrogen-bond donors (Lipinski definition) is 1. The molecule has 0 radical (unpaired) electrons. The summed E-state index contributed by atoms with van der Waals surface area (Å²) in [5.41, 5.74) is 0.168. The minimum Gasteiger partial charge on any atom is -0.442 e. The first-order chi connectivity index (χ1) is 14.8. The molecule has 1 fully saturated rings. The Labute approximate surface area is 175 Å². The molecule has 2 amide bonds. The van der Waals surface area contributed by atoms with Gasteiger partial charge in [-0.3, -0.25) is 18.8 Å². The maximum atomic E-state index is 14.9. The number of anilines is 1. The van der Waals surface area contributed by atoms with Gasteiger partial charge in [0.05, 0.1) is 30.2 Å². The van der Waals surface area contributed by atoms with Crippen LogP contribution in [0.25, 0.3) is 11.4 Å². The van der Waals surface area contributed by atoms with E-state index in [-0.39, 0.29) is 30.4 Å². The van der Waals surface area contributed by atoms with Crippen LogP contribution >= 0.6 is 0 Å². The number of aromatic nitrogens is 2. The van der Waals surface area contributed by atoms with Crippen molar-refractivity contribution in [1.82, 2.24) is 14.5 Å². The van der Waals surface area contributed by atoms with Crippen molar-refractivity contribution in [2.24, 2.45) is 0 Å². The predicted octanol–water partition coefficient (Wildman–Crippen LogP) is 2.37. The number of nitrogens with one attached hydrogen (secondary N) is 1. The maximum absolute atomic E-state index is 14.9. The van der Waals surface area contributed by atoms with E-state index < -0.39 is 29.5 Å². The Balaban J connectivity index is 1.57. The summed E-state index contributed by atoms with van der Waals surface area (Å²) in [6, 6.07) is 9.36. The molecule has 0 unspecified atom stereocenters. The van der Waals surface area contributed by atoms with Crippen LogP contribution in [0.15, 0.2) is 59.7 Å². The number of amides is 2. The fourth-order valence-electron chi connectivity index (χ4n) is 3.31. The molecule has 0 aliphatic carbocycles. The van der Waals surface area contributed by atoms with E-state index in [2.05, 4.69) is 5.32 Å². The number of carbonyl (C=O) groups is 2. The summed E-state index contributed by atoms with van der Waals surface area (Å²) in [7, 11) is 0. The molecular weight excluding hydrogens is 410 g/mol. The first-order valence-corrected chi connectivity index (χ1v) is 9.42. The maximum Gasteiger partial charge on any atom is 0.414 e. The number of hydrogen-bond acceptors (Lipinski definition) is 4. The van der Waals surface area contributed by atoms with Crippen LogP contribution in [-0.4, -0.2) is 40.3 Å². The molecule has 4 rings (SSSR count). The molecule has 160 valence electrons. The van der Waals surface area contributed by atoms with Crippen molar-refractivity contribution in [3.05, 3.63) is 77.0 Å². The van der Waals surface area contributed by atoms with E-state index >= 15 is 0 Å². The van der Waals surface area contributed by atoms with Crippen LogP contribution < -0.4 is 15.9 Å². The molecule has 0 bridgehead atoms. The van der Waals surface area contributed by atoms with E-state index in [1.54, 1.807) is 0 Å². The minimum atomic E-state index is -0.713. The monoisotopic (exact) mass is 428 g/mol. The lowest BCUT2D eigenvalue weighted by Crippen LogP contribution is -2.33. The second-order valence-corrected chi connectivity index (χ2v) is 6.99. The van der Waals surface area contributed by atoms with Crippen LogP contribution in [0.3, 0.4) is 0 Å². The summed E-state index contributed by atoms with van der Waals surface area (Å²) in [5, 5.41) is 2.57. The Morgan fingerprint density at radius 3 is 2.42 bits per heavy atom. The Kier molecular flexibility index (Phi) is 5.28. The fraction of sp³-hybridized carbons (Fsp3) is 0.190. The first kappa shape index (κ1) is 20.3. The SMILES string of the molecule is CC(=O)NC[C@H]1CN(c2ccc(-n3ccn(-c4ccc(F)cc4)c3=O)c(F)c2)C(=O)O1. The van der Waals surface area contributed by atoms with Crippen molar-refractivity contribution >= 4 is 17.7 Å². The van der Waals surface area contributed by atoms with Crippen molar-refractivity contribution < 1.29 is 23.1 Å². The highest BCUT2D eigenvalue weighted by Crippen LogP contribution is 2.25. The van der Waals surface area contributed by atoms with Gasteiger partial charge in [-0.1, -0.05) is 0 Å². The van der Waals surface area contributed by atoms with E-state index in [0.717, 1.165) is 10.6 Å². The van der Waals surface area contributed by atoms with Crippen LogP contribution in [-0.2, 0) is 9.53 Å². The third kappa shape index (κ3) is 4.04.